The first-order valence-electron chi connectivity index (χ1n) is 6.41. The Kier molecular flexibility index (Phi) is 2.62. The van der Waals surface area contributed by atoms with Crippen LogP contribution in [0.4, 0.5) is 0 Å². The average molecular weight is 258 g/mol. The number of rotatable bonds is 1. The maximum absolute atomic E-state index is 12.5. The molecule has 1 aromatic heterocycles. The number of para-hydroxylation sites is 1. The Bertz CT molecular complexity index is 695. The molecular formula is C14H14N2O3. The Morgan fingerprint density at radius 2 is 1.74 bits per heavy atom. The van der Waals surface area contributed by atoms with Gasteiger partial charge in [0, 0.05) is 18.9 Å². The molecule has 1 aromatic carbocycles. The molecule has 0 radical (unpaired) electrons. The summed E-state index contributed by atoms with van der Waals surface area (Å²) in [6.07, 6.45) is 3.06. The molecule has 1 aliphatic rings. The fraction of sp³-hybridized carbons (Fsp3) is 0.357. The van der Waals surface area contributed by atoms with Gasteiger partial charge in [-0.25, -0.2) is 0 Å². The number of nitrogens with zero attached hydrogens (tertiary/aromatic N) is 2. The second-order valence-corrected chi connectivity index (χ2v) is 4.92. The lowest BCUT2D eigenvalue weighted by atomic mass is 9.99. The van der Waals surface area contributed by atoms with E-state index >= 15 is 0 Å². The lowest BCUT2D eigenvalue weighted by Crippen LogP contribution is -2.47. The van der Waals surface area contributed by atoms with Crippen LogP contribution in [-0.4, -0.2) is 5.78 Å². The molecule has 0 bridgehead atoms. The van der Waals surface area contributed by atoms with Crippen LogP contribution >= 0.6 is 0 Å². The minimum atomic E-state index is -0.203. The molecule has 0 fully saturated rings. The second-order valence-electron chi connectivity index (χ2n) is 4.92. The van der Waals surface area contributed by atoms with Crippen LogP contribution in [0.15, 0.2) is 18.2 Å². The quantitative estimate of drug-likeness (QED) is 0.438. The van der Waals surface area contributed by atoms with Gasteiger partial charge in [-0.1, -0.05) is 6.07 Å². The van der Waals surface area contributed by atoms with Gasteiger partial charge in [0.15, 0.2) is 5.78 Å². The number of fused-ring (bicyclic) bond motifs is 2. The molecule has 5 nitrogen and oxygen atoms in total. The summed E-state index contributed by atoms with van der Waals surface area (Å²) in [5, 5.41) is 24.8. The zero-order valence-electron chi connectivity index (χ0n) is 10.7. The first-order valence-corrected chi connectivity index (χ1v) is 6.41. The van der Waals surface area contributed by atoms with Crippen LogP contribution < -0.4 is 9.46 Å². The van der Waals surface area contributed by atoms with Crippen molar-refractivity contribution in [1.29, 1.82) is 0 Å². The van der Waals surface area contributed by atoms with Gasteiger partial charge in [0.25, 0.3) is 16.9 Å². The molecule has 0 saturated carbocycles. The normalized spacial score (nSPS) is 14.4. The summed E-state index contributed by atoms with van der Waals surface area (Å²) in [5.74, 6) is -0.203. The molecular weight excluding hydrogens is 244 g/mol. The van der Waals surface area contributed by atoms with Crippen LogP contribution in [0.25, 0.3) is 11.0 Å². The Morgan fingerprint density at radius 3 is 2.37 bits per heavy atom. The number of benzene rings is 1. The van der Waals surface area contributed by atoms with E-state index in [0.29, 0.717) is 29.8 Å². The summed E-state index contributed by atoms with van der Waals surface area (Å²) in [6.45, 7) is 1.41. The number of carbonyl (C=O) groups excluding carboxylic acids is 1. The zero-order valence-corrected chi connectivity index (χ0v) is 10.7. The standard InChI is InChI=1S/C14H14N2O3/c1-9(17)10-5-4-8-13-14(10)16(19)12-7-3-2-6-11(12)15(13)18/h4-5,8H,2-3,6-7H2,1H3. The van der Waals surface area contributed by atoms with E-state index < -0.39 is 0 Å². The van der Waals surface area contributed by atoms with Gasteiger partial charge in [-0.05, 0) is 25.8 Å². The topological polar surface area (TPSA) is 71.0 Å². The fourth-order valence-electron chi connectivity index (χ4n) is 2.78. The summed E-state index contributed by atoms with van der Waals surface area (Å²) >= 11 is 0. The number of hydrogen-bond acceptors (Lipinski definition) is 3. The van der Waals surface area contributed by atoms with Crippen molar-refractivity contribution in [2.75, 3.05) is 0 Å². The third kappa shape index (κ3) is 1.65. The third-order valence-electron chi connectivity index (χ3n) is 3.72. The minimum Gasteiger partial charge on any atom is -0.618 e. The lowest BCUT2D eigenvalue weighted by Gasteiger charge is -2.16. The van der Waals surface area contributed by atoms with Gasteiger partial charge in [-0.3, -0.25) is 4.79 Å². The van der Waals surface area contributed by atoms with E-state index in [-0.39, 0.29) is 16.8 Å². The molecule has 0 atom stereocenters. The molecule has 0 spiro atoms. The SMILES string of the molecule is CC(=O)c1cccc2c1[n+]([O-])c1c([n+]2[O-])CCCC1. The second kappa shape index (κ2) is 4.19. The third-order valence-corrected chi connectivity index (χ3v) is 3.72. The van der Waals surface area contributed by atoms with Crippen molar-refractivity contribution in [3.05, 3.63) is 45.6 Å². The fourth-order valence-corrected chi connectivity index (χ4v) is 2.78. The Balaban J connectivity index is 2.47. The average Bonchev–Trinajstić information content (AvgIpc) is 2.44. The highest BCUT2D eigenvalue weighted by atomic mass is 16.5. The van der Waals surface area contributed by atoms with Crippen molar-refractivity contribution in [2.45, 2.75) is 32.6 Å². The number of aromatic nitrogens is 2. The van der Waals surface area contributed by atoms with Crippen LogP contribution in [0, 0.1) is 10.4 Å². The van der Waals surface area contributed by atoms with Gasteiger partial charge in [0.2, 0.25) is 0 Å². The zero-order chi connectivity index (χ0) is 13.6. The monoisotopic (exact) mass is 258 g/mol. The molecule has 3 rings (SSSR count). The van der Waals surface area contributed by atoms with Crippen molar-refractivity contribution in [2.24, 2.45) is 0 Å². The van der Waals surface area contributed by atoms with Crippen molar-refractivity contribution >= 4 is 16.8 Å². The Morgan fingerprint density at radius 1 is 1.11 bits per heavy atom. The number of carbonyl (C=O) groups is 1. The van der Waals surface area contributed by atoms with Crippen LogP contribution in [0.2, 0.25) is 0 Å². The highest BCUT2D eigenvalue weighted by Gasteiger charge is 2.31. The van der Waals surface area contributed by atoms with Crippen molar-refractivity contribution in [3.8, 4) is 0 Å². The molecule has 0 aliphatic heterocycles. The maximum Gasteiger partial charge on any atom is 0.301 e. The molecule has 0 saturated heterocycles. The number of Topliss-reactive ketones (excluding diaryl/α,β-unsaturated/α-hetero) is 1. The molecule has 19 heavy (non-hydrogen) atoms. The van der Waals surface area contributed by atoms with E-state index in [4.69, 9.17) is 0 Å². The predicted molar refractivity (Wildman–Crippen MR) is 68.5 cm³/mol. The van der Waals surface area contributed by atoms with Crippen LogP contribution in [0.5, 0.6) is 0 Å². The Labute approximate surface area is 110 Å². The van der Waals surface area contributed by atoms with E-state index in [1.807, 2.05) is 0 Å². The molecule has 5 heteroatoms. The first kappa shape index (κ1) is 11.9. The van der Waals surface area contributed by atoms with E-state index in [2.05, 4.69) is 0 Å². The highest BCUT2D eigenvalue weighted by Crippen LogP contribution is 2.20. The van der Waals surface area contributed by atoms with Gasteiger partial charge in [-0.2, -0.15) is 9.46 Å². The van der Waals surface area contributed by atoms with Crippen LogP contribution in [0.1, 0.15) is 41.5 Å². The van der Waals surface area contributed by atoms with Crippen molar-refractivity contribution in [1.82, 2.24) is 0 Å². The minimum absolute atomic E-state index is 0.200. The first-order chi connectivity index (χ1) is 9.11. The van der Waals surface area contributed by atoms with E-state index in [9.17, 15) is 15.2 Å². The van der Waals surface area contributed by atoms with E-state index in [1.54, 1.807) is 18.2 Å². The van der Waals surface area contributed by atoms with Gasteiger partial charge in [-0.15, -0.1) is 0 Å². The molecule has 1 aliphatic carbocycles. The van der Waals surface area contributed by atoms with E-state index in [1.165, 1.54) is 6.92 Å². The number of hydrogen-bond donors (Lipinski definition) is 0. The predicted octanol–water partition coefficient (Wildman–Crippen LogP) is 1.19. The van der Waals surface area contributed by atoms with Crippen LogP contribution in [-0.2, 0) is 12.8 Å². The summed E-state index contributed by atoms with van der Waals surface area (Å²) in [7, 11) is 0. The van der Waals surface area contributed by atoms with Crippen molar-refractivity contribution < 1.29 is 14.3 Å². The summed E-state index contributed by atoms with van der Waals surface area (Å²) in [5.41, 5.74) is 1.86. The van der Waals surface area contributed by atoms with Gasteiger partial charge >= 0.3 is 5.52 Å². The molecule has 2 aromatic rings. The summed E-state index contributed by atoms with van der Waals surface area (Å²) < 4.78 is 1.61. The summed E-state index contributed by atoms with van der Waals surface area (Å²) in [4.78, 5) is 11.6. The smallest absolute Gasteiger partial charge is 0.301 e. The molecule has 0 unspecified atom stereocenters. The lowest BCUT2D eigenvalue weighted by molar-refractivity contribution is -0.641. The molecule has 0 N–H and O–H groups in total. The van der Waals surface area contributed by atoms with Gasteiger partial charge in [0.05, 0.1) is 5.56 Å². The number of ketones is 1. The maximum atomic E-state index is 12.5. The van der Waals surface area contributed by atoms with Crippen LogP contribution in [0.3, 0.4) is 0 Å². The highest BCUT2D eigenvalue weighted by molar-refractivity contribution is 6.03. The summed E-state index contributed by atoms with van der Waals surface area (Å²) in [6, 6.07) is 4.83. The molecule has 1 heterocycles. The largest absolute Gasteiger partial charge is 0.618 e. The van der Waals surface area contributed by atoms with Crippen molar-refractivity contribution in [3.63, 3.8) is 0 Å². The Hall–Kier alpha value is -2.17. The van der Waals surface area contributed by atoms with Gasteiger partial charge < -0.3 is 10.4 Å². The molecule has 0 amide bonds. The van der Waals surface area contributed by atoms with Gasteiger partial charge in [0.1, 0.15) is 0 Å². The molecule has 98 valence electrons. The van der Waals surface area contributed by atoms with E-state index in [0.717, 1.165) is 22.3 Å².